The number of methoxy groups -OCH3 is 1. The van der Waals surface area contributed by atoms with Gasteiger partial charge in [0.05, 0.1) is 24.4 Å². The van der Waals surface area contributed by atoms with Crippen LogP contribution in [0.4, 0.5) is 0 Å². The van der Waals surface area contributed by atoms with Crippen LogP contribution in [0.25, 0.3) is 0 Å². The number of esters is 1. The molecule has 23 heavy (non-hydrogen) atoms. The van der Waals surface area contributed by atoms with Gasteiger partial charge in [-0.3, -0.25) is 9.79 Å². The molecule has 0 atom stereocenters. The van der Waals surface area contributed by atoms with Crippen molar-refractivity contribution in [3.63, 3.8) is 0 Å². The summed E-state index contributed by atoms with van der Waals surface area (Å²) >= 11 is 1.71. The van der Waals surface area contributed by atoms with Gasteiger partial charge in [0.1, 0.15) is 0 Å². The van der Waals surface area contributed by atoms with Gasteiger partial charge >= 0.3 is 5.97 Å². The molecular weight excluding hydrogens is 312 g/mol. The van der Waals surface area contributed by atoms with Crippen molar-refractivity contribution in [2.24, 2.45) is 4.99 Å². The van der Waals surface area contributed by atoms with Gasteiger partial charge < -0.3 is 15.4 Å². The third kappa shape index (κ3) is 7.97. The number of nitrogens with one attached hydrogen (secondary N) is 2. The zero-order valence-corrected chi connectivity index (χ0v) is 15.4. The lowest BCUT2D eigenvalue weighted by Crippen LogP contribution is -2.37. The van der Waals surface area contributed by atoms with Gasteiger partial charge in [0.25, 0.3) is 0 Å². The summed E-state index contributed by atoms with van der Waals surface area (Å²) in [6.07, 6.45) is 4.60. The van der Waals surface area contributed by atoms with E-state index >= 15 is 0 Å². The molecule has 0 unspecified atom stereocenters. The number of aliphatic imine (C=N–C) groups is 1. The molecule has 0 fully saturated rings. The first-order valence-electron chi connectivity index (χ1n) is 8.01. The number of guanidine groups is 1. The van der Waals surface area contributed by atoms with Gasteiger partial charge in [0.2, 0.25) is 0 Å². The van der Waals surface area contributed by atoms with E-state index in [1.807, 2.05) is 13.8 Å². The Hall–Kier alpha value is -1.63. The summed E-state index contributed by atoms with van der Waals surface area (Å²) in [4.78, 5) is 20.9. The third-order valence-corrected chi connectivity index (χ3v) is 4.54. The average molecular weight is 340 g/mol. The number of thiazole rings is 1. The maximum Gasteiger partial charge on any atom is 0.305 e. The molecule has 1 rings (SSSR count). The number of ether oxygens (including phenoxy) is 1. The molecule has 0 aromatic carbocycles. The number of aryl methyl sites for hydroxylation is 2. The fraction of sp³-hybridized carbons (Fsp3) is 0.688. The van der Waals surface area contributed by atoms with Gasteiger partial charge in [0.15, 0.2) is 5.96 Å². The Bertz CT molecular complexity index is 514. The van der Waals surface area contributed by atoms with Gasteiger partial charge in [-0.2, -0.15) is 0 Å². The van der Waals surface area contributed by atoms with Crippen LogP contribution in [-0.4, -0.2) is 37.6 Å². The van der Waals surface area contributed by atoms with E-state index in [4.69, 9.17) is 0 Å². The van der Waals surface area contributed by atoms with Crippen LogP contribution in [0, 0.1) is 13.8 Å². The van der Waals surface area contributed by atoms with E-state index in [1.165, 1.54) is 12.0 Å². The van der Waals surface area contributed by atoms with Crippen molar-refractivity contribution in [2.75, 3.05) is 20.7 Å². The Kier molecular flexibility index (Phi) is 9.28. The molecule has 0 bridgehead atoms. The van der Waals surface area contributed by atoms with Gasteiger partial charge in [-0.15, -0.1) is 11.3 Å². The van der Waals surface area contributed by atoms with Crippen molar-refractivity contribution >= 4 is 23.3 Å². The lowest BCUT2D eigenvalue weighted by Gasteiger charge is -2.11. The van der Waals surface area contributed by atoms with Gasteiger partial charge in [0, 0.05) is 24.9 Å². The number of carbonyl (C=O) groups excluding carboxylic acids is 1. The summed E-state index contributed by atoms with van der Waals surface area (Å²) in [6.45, 7) is 5.67. The molecule has 0 spiro atoms. The number of hydrogen-bond acceptors (Lipinski definition) is 5. The van der Waals surface area contributed by atoms with Gasteiger partial charge in [-0.05, 0) is 26.7 Å². The Labute approximate surface area is 142 Å². The van der Waals surface area contributed by atoms with Gasteiger partial charge in [-0.1, -0.05) is 12.8 Å². The second kappa shape index (κ2) is 11.0. The number of unbranched alkanes of at least 4 members (excludes halogenated alkanes) is 3. The highest BCUT2D eigenvalue weighted by molar-refractivity contribution is 7.11. The van der Waals surface area contributed by atoms with E-state index in [-0.39, 0.29) is 5.97 Å². The smallest absolute Gasteiger partial charge is 0.305 e. The highest BCUT2D eigenvalue weighted by atomic mass is 32.1. The number of hydrogen-bond donors (Lipinski definition) is 2. The van der Waals surface area contributed by atoms with E-state index in [0.717, 1.165) is 55.4 Å². The molecular formula is C16H28N4O2S. The van der Waals surface area contributed by atoms with Crippen LogP contribution in [0.15, 0.2) is 4.99 Å². The lowest BCUT2D eigenvalue weighted by molar-refractivity contribution is -0.140. The Morgan fingerprint density at radius 3 is 2.57 bits per heavy atom. The van der Waals surface area contributed by atoms with Crippen molar-refractivity contribution in [3.05, 3.63) is 15.6 Å². The van der Waals surface area contributed by atoms with E-state index in [9.17, 15) is 4.79 Å². The van der Waals surface area contributed by atoms with E-state index < -0.39 is 0 Å². The minimum absolute atomic E-state index is 0.124. The molecule has 2 N–H and O–H groups in total. The zero-order valence-electron chi connectivity index (χ0n) is 14.6. The van der Waals surface area contributed by atoms with Gasteiger partial charge in [-0.25, -0.2) is 4.98 Å². The molecule has 0 aliphatic heterocycles. The first-order chi connectivity index (χ1) is 11.1. The molecule has 1 heterocycles. The monoisotopic (exact) mass is 340 g/mol. The topological polar surface area (TPSA) is 75.6 Å². The molecule has 1 aromatic heterocycles. The summed E-state index contributed by atoms with van der Waals surface area (Å²) in [5.74, 6) is 0.686. The Morgan fingerprint density at radius 1 is 1.22 bits per heavy atom. The quantitative estimate of drug-likeness (QED) is 0.313. The van der Waals surface area contributed by atoms with Crippen molar-refractivity contribution in [3.8, 4) is 0 Å². The number of aromatic nitrogens is 1. The molecule has 7 heteroatoms. The van der Waals surface area contributed by atoms with Crippen LogP contribution in [-0.2, 0) is 16.1 Å². The minimum Gasteiger partial charge on any atom is -0.469 e. The highest BCUT2D eigenvalue weighted by Crippen LogP contribution is 2.16. The second-order valence-corrected chi connectivity index (χ2v) is 6.62. The Morgan fingerprint density at radius 2 is 1.96 bits per heavy atom. The molecule has 0 radical (unpaired) electrons. The third-order valence-electron chi connectivity index (χ3n) is 3.47. The van der Waals surface area contributed by atoms with E-state index in [0.29, 0.717) is 6.42 Å². The summed E-state index contributed by atoms with van der Waals surface area (Å²) in [5.41, 5.74) is 1.08. The fourth-order valence-electron chi connectivity index (χ4n) is 2.18. The van der Waals surface area contributed by atoms with Crippen LogP contribution in [0.1, 0.15) is 47.7 Å². The van der Waals surface area contributed by atoms with Crippen LogP contribution in [0.2, 0.25) is 0 Å². The predicted molar refractivity (Wildman–Crippen MR) is 94.9 cm³/mol. The molecule has 0 amide bonds. The Balaban J connectivity index is 2.12. The first-order valence-corrected chi connectivity index (χ1v) is 8.82. The SMILES string of the molecule is CN=C(NCCCCCCC(=O)OC)NCc1sc(C)nc1C. The number of nitrogens with zero attached hydrogens (tertiary/aromatic N) is 2. The van der Waals surface area contributed by atoms with Crippen molar-refractivity contribution in [1.82, 2.24) is 15.6 Å². The van der Waals surface area contributed by atoms with Crippen LogP contribution < -0.4 is 10.6 Å². The van der Waals surface area contributed by atoms with Crippen molar-refractivity contribution in [1.29, 1.82) is 0 Å². The first kappa shape index (κ1) is 19.4. The summed E-state index contributed by atoms with van der Waals surface area (Å²) < 4.78 is 4.62. The zero-order chi connectivity index (χ0) is 17.1. The molecule has 1 aromatic rings. The molecule has 6 nitrogen and oxygen atoms in total. The summed E-state index contributed by atoms with van der Waals surface area (Å²) in [5, 5.41) is 7.71. The molecule has 130 valence electrons. The van der Waals surface area contributed by atoms with Crippen LogP contribution in [0.5, 0.6) is 0 Å². The lowest BCUT2D eigenvalue weighted by atomic mass is 10.1. The fourth-order valence-corrected chi connectivity index (χ4v) is 3.06. The minimum atomic E-state index is -0.124. The van der Waals surface area contributed by atoms with Crippen molar-refractivity contribution < 1.29 is 9.53 Å². The van der Waals surface area contributed by atoms with E-state index in [2.05, 4.69) is 25.3 Å². The summed E-state index contributed by atoms with van der Waals surface area (Å²) in [7, 11) is 3.20. The number of carbonyl (C=O) groups is 1. The molecule has 0 aliphatic carbocycles. The summed E-state index contributed by atoms with van der Waals surface area (Å²) in [6, 6.07) is 0. The maximum absolute atomic E-state index is 11.0. The average Bonchev–Trinajstić information content (AvgIpc) is 2.86. The molecule has 0 saturated heterocycles. The van der Waals surface area contributed by atoms with Crippen LogP contribution in [0.3, 0.4) is 0 Å². The van der Waals surface area contributed by atoms with E-state index in [1.54, 1.807) is 18.4 Å². The standard InChI is InChI=1S/C16H28N4O2S/c1-12-14(23-13(2)20-12)11-19-16(17-3)18-10-8-6-5-7-9-15(21)22-4/h5-11H2,1-4H3,(H2,17,18,19). The highest BCUT2D eigenvalue weighted by Gasteiger charge is 2.05. The molecule has 0 saturated carbocycles. The number of rotatable bonds is 9. The second-order valence-electron chi connectivity index (χ2n) is 5.33. The van der Waals surface area contributed by atoms with Crippen molar-refractivity contribution in [2.45, 2.75) is 52.5 Å². The maximum atomic E-state index is 11.0. The normalized spacial score (nSPS) is 11.4. The largest absolute Gasteiger partial charge is 0.469 e. The molecule has 0 aliphatic rings. The predicted octanol–water partition coefficient (Wildman–Crippen LogP) is 2.55. The van der Waals surface area contributed by atoms with Crippen LogP contribution >= 0.6 is 11.3 Å².